The molecule has 2 aliphatic rings. The van der Waals surface area contributed by atoms with Crippen molar-refractivity contribution in [3.05, 3.63) is 0 Å². The van der Waals surface area contributed by atoms with Gasteiger partial charge in [-0.3, -0.25) is 4.99 Å². The Kier molecular flexibility index (Phi) is 11.3. The van der Waals surface area contributed by atoms with E-state index >= 15 is 0 Å². The first-order valence-electron chi connectivity index (χ1n) is 9.23. The molecule has 148 valence electrons. The van der Waals surface area contributed by atoms with Crippen LogP contribution in [0.1, 0.15) is 38.5 Å². The minimum Gasteiger partial charge on any atom is -0.355 e. The number of piperidine rings is 1. The van der Waals surface area contributed by atoms with Crippen molar-refractivity contribution in [3.63, 3.8) is 0 Å². The van der Waals surface area contributed by atoms with E-state index in [1.807, 2.05) is 0 Å². The van der Waals surface area contributed by atoms with Crippen LogP contribution in [-0.2, 0) is 10.0 Å². The molecule has 0 atom stereocenters. The first-order valence-corrected chi connectivity index (χ1v) is 10.9. The van der Waals surface area contributed by atoms with Crippen molar-refractivity contribution >= 4 is 40.0 Å². The Morgan fingerprint density at radius 1 is 1.08 bits per heavy atom. The topological polar surface area (TPSA) is 85.8 Å². The molecule has 1 saturated carbocycles. The Hall–Kier alpha value is -0.130. The first-order chi connectivity index (χ1) is 11.6. The molecule has 1 aliphatic carbocycles. The van der Waals surface area contributed by atoms with Crippen molar-refractivity contribution in [1.29, 1.82) is 0 Å². The highest BCUT2D eigenvalue weighted by Gasteiger charge is 2.20. The van der Waals surface area contributed by atoms with Crippen molar-refractivity contribution in [3.8, 4) is 0 Å². The minimum atomic E-state index is -3.20. The van der Waals surface area contributed by atoms with E-state index in [2.05, 4.69) is 25.2 Å². The van der Waals surface area contributed by atoms with E-state index in [4.69, 9.17) is 0 Å². The lowest BCUT2D eigenvalue weighted by Gasteiger charge is -2.26. The summed E-state index contributed by atoms with van der Waals surface area (Å²) >= 11 is 0. The Balaban J connectivity index is 0.00000312. The molecule has 3 N–H and O–H groups in total. The average molecular weight is 487 g/mol. The van der Waals surface area contributed by atoms with Gasteiger partial charge in [-0.25, -0.2) is 13.1 Å². The number of halogens is 1. The zero-order valence-corrected chi connectivity index (χ0v) is 18.4. The molecule has 2 rings (SSSR count). The lowest BCUT2D eigenvalue weighted by Crippen LogP contribution is -2.44. The SMILES string of the molecule is CN=C(NCCN1CCCCC1)NCCS(=O)(=O)NCC1CCC1.I. The van der Waals surface area contributed by atoms with E-state index in [0.29, 0.717) is 25.0 Å². The molecule has 1 heterocycles. The minimum absolute atomic E-state index is 0. The molecule has 7 nitrogen and oxygen atoms in total. The van der Waals surface area contributed by atoms with E-state index in [1.165, 1.54) is 38.8 Å². The van der Waals surface area contributed by atoms with Crippen LogP contribution in [0.15, 0.2) is 4.99 Å². The fourth-order valence-corrected chi connectivity index (χ4v) is 4.06. The number of nitrogens with zero attached hydrogens (tertiary/aromatic N) is 2. The van der Waals surface area contributed by atoms with Gasteiger partial charge in [0.25, 0.3) is 0 Å². The van der Waals surface area contributed by atoms with Gasteiger partial charge in [-0.2, -0.15) is 0 Å². The van der Waals surface area contributed by atoms with E-state index in [9.17, 15) is 8.42 Å². The Morgan fingerprint density at radius 2 is 1.76 bits per heavy atom. The van der Waals surface area contributed by atoms with E-state index < -0.39 is 10.0 Å². The summed E-state index contributed by atoms with van der Waals surface area (Å²) in [6.45, 7) is 5.14. The molecule has 0 aromatic heterocycles. The van der Waals surface area contributed by atoms with Crippen LogP contribution >= 0.6 is 24.0 Å². The third kappa shape index (κ3) is 9.39. The second-order valence-corrected chi connectivity index (χ2v) is 8.72. The third-order valence-electron chi connectivity index (χ3n) is 4.87. The standard InChI is InChI=1S/C16H33N5O2S.HI/c1-17-16(18-8-12-21-10-3-2-4-11-21)19-9-13-24(22,23)20-14-15-6-5-7-15;/h15,20H,2-14H2,1H3,(H2,17,18,19);1H. The summed E-state index contributed by atoms with van der Waals surface area (Å²) in [5, 5.41) is 6.33. The lowest BCUT2D eigenvalue weighted by molar-refractivity contribution is 0.232. The van der Waals surface area contributed by atoms with Gasteiger partial charge in [-0.1, -0.05) is 12.8 Å². The zero-order valence-electron chi connectivity index (χ0n) is 15.3. The van der Waals surface area contributed by atoms with E-state index in [0.717, 1.165) is 25.9 Å². The zero-order chi connectivity index (χ0) is 17.3. The average Bonchev–Trinajstić information content (AvgIpc) is 2.52. The molecule has 1 aliphatic heterocycles. The fourth-order valence-electron chi connectivity index (χ4n) is 3.05. The fraction of sp³-hybridized carbons (Fsp3) is 0.938. The number of likely N-dealkylation sites (tertiary alicyclic amines) is 1. The molecule has 2 fully saturated rings. The molecule has 0 radical (unpaired) electrons. The number of nitrogens with one attached hydrogen (secondary N) is 3. The molecule has 1 saturated heterocycles. The highest BCUT2D eigenvalue weighted by Crippen LogP contribution is 2.25. The maximum Gasteiger partial charge on any atom is 0.213 e. The predicted molar refractivity (Wildman–Crippen MR) is 114 cm³/mol. The van der Waals surface area contributed by atoms with E-state index in [-0.39, 0.29) is 29.7 Å². The van der Waals surface area contributed by atoms with Crippen LogP contribution in [-0.4, -0.2) is 71.3 Å². The summed E-state index contributed by atoms with van der Waals surface area (Å²) in [7, 11) is -1.49. The Labute approximate surface area is 169 Å². The lowest BCUT2D eigenvalue weighted by atomic mass is 9.86. The number of hydrogen-bond donors (Lipinski definition) is 3. The maximum absolute atomic E-state index is 11.9. The second kappa shape index (κ2) is 12.3. The van der Waals surface area contributed by atoms with Gasteiger partial charge in [-0.15, -0.1) is 24.0 Å². The molecular formula is C16H34IN5O2S. The van der Waals surface area contributed by atoms with E-state index in [1.54, 1.807) is 7.05 Å². The molecule has 25 heavy (non-hydrogen) atoms. The summed E-state index contributed by atoms with van der Waals surface area (Å²) in [4.78, 5) is 6.60. The molecular weight excluding hydrogens is 453 g/mol. The number of aliphatic imine (C=N–C) groups is 1. The number of rotatable bonds is 9. The number of hydrogen-bond acceptors (Lipinski definition) is 4. The van der Waals surface area contributed by atoms with Crippen molar-refractivity contribution in [2.75, 3.05) is 52.1 Å². The van der Waals surface area contributed by atoms with Crippen molar-refractivity contribution in [2.24, 2.45) is 10.9 Å². The van der Waals surface area contributed by atoms with Crippen molar-refractivity contribution in [1.82, 2.24) is 20.3 Å². The van der Waals surface area contributed by atoms with Crippen molar-refractivity contribution < 1.29 is 8.42 Å². The van der Waals surface area contributed by atoms with Gasteiger partial charge in [0.2, 0.25) is 10.0 Å². The van der Waals surface area contributed by atoms with Crippen LogP contribution in [0.5, 0.6) is 0 Å². The molecule has 0 spiro atoms. The Morgan fingerprint density at radius 3 is 2.36 bits per heavy atom. The third-order valence-corrected chi connectivity index (χ3v) is 6.22. The molecule has 0 bridgehead atoms. The van der Waals surface area contributed by atoms with Crippen LogP contribution in [0.2, 0.25) is 0 Å². The van der Waals surface area contributed by atoms with Gasteiger partial charge >= 0.3 is 0 Å². The van der Waals surface area contributed by atoms with Crippen molar-refractivity contribution in [2.45, 2.75) is 38.5 Å². The highest BCUT2D eigenvalue weighted by atomic mass is 127. The summed E-state index contributed by atoms with van der Waals surface area (Å²) in [5.41, 5.74) is 0. The molecule has 0 aromatic carbocycles. The molecule has 0 unspecified atom stereocenters. The molecule has 0 amide bonds. The summed E-state index contributed by atoms with van der Waals surface area (Å²) in [5.74, 6) is 1.28. The summed E-state index contributed by atoms with van der Waals surface area (Å²) in [6.07, 6.45) is 7.45. The van der Waals surface area contributed by atoms with Gasteiger partial charge in [0, 0.05) is 33.2 Å². The summed E-state index contributed by atoms with van der Waals surface area (Å²) < 4.78 is 26.6. The van der Waals surface area contributed by atoms with Crippen LogP contribution in [0.3, 0.4) is 0 Å². The van der Waals surface area contributed by atoms with Gasteiger partial charge in [0.1, 0.15) is 0 Å². The summed E-state index contributed by atoms with van der Waals surface area (Å²) in [6, 6.07) is 0. The van der Waals surface area contributed by atoms with Gasteiger partial charge in [0.05, 0.1) is 5.75 Å². The monoisotopic (exact) mass is 487 g/mol. The van der Waals surface area contributed by atoms with Crippen LogP contribution in [0, 0.1) is 5.92 Å². The largest absolute Gasteiger partial charge is 0.355 e. The molecule has 9 heteroatoms. The van der Waals surface area contributed by atoms with Crippen LogP contribution in [0.25, 0.3) is 0 Å². The van der Waals surface area contributed by atoms with Gasteiger partial charge < -0.3 is 15.5 Å². The van der Waals surface area contributed by atoms with Gasteiger partial charge in [-0.05, 0) is 44.7 Å². The van der Waals surface area contributed by atoms with Crippen LogP contribution < -0.4 is 15.4 Å². The second-order valence-electron chi connectivity index (χ2n) is 6.79. The smallest absolute Gasteiger partial charge is 0.213 e. The van der Waals surface area contributed by atoms with Crippen LogP contribution in [0.4, 0.5) is 0 Å². The quantitative estimate of drug-likeness (QED) is 0.257. The number of guanidine groups is 1. The molecule has 0 aromatic rings. The first kappa shape index (κ1) is 22.9. The highest BCUT2D eigenvalue weighted by molar-refractivity contribution is 14.0. The Bertz CT molecular complexity index is 491. The number of sulfonamides is 1. The normalized spacial score (nSPS) is 19.8. The van der Waals surface area contributed by atoms with Gasteiger partial charge in [0.15, 0.2) is 5.96 Å². The predicted octanol–water partition coefficient (Wildman–Crippen LogP) is 0.975. The maximum atomic E-state index is 11.9.